The van der Waals surface area contributed by atoms with Crippen LogP contribution in [0.2, 0.25) is 0 Å². The van der Waals surface area contributed by atoms with Crippen molar-refractivity contribution in [2.24, 2.45) is 5.92 Å². The van der Waals surface area contributed by atoms with Gasteiger partial charge in [-0.2, -0.15) is 0 Å². The largest absolute Gasteiger partial charge is 0.481 e. The molecule has 0 aromatic heterocycles. The lowest BCUT2D eigenvalue weighted by Crippen LogP contribution is -1.99. The minimum Gasteiger partial charge on any atom is -0.481 e. The first kappa shape index (κ1) is 18.1. The van der Waals surface area contributed by atoms with E-state index in [2.05, 4.69) is 25.2 Å². The number of hydrogen-bond donors (Lipinski definition) is 1. The second-order valence-corrected chi connectivity index (χ2v) is 3.93. The van der Waals surface area contributed by atoms with Crippen molar-refractivity contribution in [1.82, 2.24) is 0 Å². The summed E-state index contributed by atoms with van der Waals surface area (Å²) in [4.78, 5) is 19.9. The normalized spacial score (nSPS) is 10.8. The fourth-order valence-electron chi connectivity index (χ4n) is 1.12. The van der Waals surface area contributed by atoms with Crippen molar-refractivity contribution < 1.29 is 19.4 Å². The van der Waals surface area contributed by atoms with Crippen LogP contribution in [0.4, 0.5) is 0 Å². The highest BCUT2D eigenvalue weighted by atomic mass is 16.5. The van der Waals surface area contributed by atoms with Gasteiger partial charge >= 0.3 is 5.97 Å². The predicted octanol–water partition coefficient (Wildman–Crippen LogP) is 3.37. The van der Waals surface area contributed by atoms with Crippen LogP contribution in [0.3, 0.4) is 0 Å². The van der Waals surface area contributed by atoms with E-state index in [1.54, 1.807) is 0 Å². The SMILES string of the molecule is C=COC(=O)CCCCC(C)CC.CC(=O)O. The highest BCUT2D eigenvalue weighted by molar-refractivity contribution is 5.69. The monoisotopic (exact) mass is 244 g/mol. The first-order chi connectivity index (χ1) is 7.93. The number of carboxylic acids is 1. The van der Waals surface area contributed by atoms with Crippen molar-refractivity contribution in [3.05, 3.63) is 12.8 Å². The van der Waals surface area contributed by atoms with E-state index in [0.29, 0.717) is 6.42 Å². The van der Waals surface area contributed by atoms with Crippen LogP contribution in [0, 0.1) is 5.92 Å². The zero-order chi connectivity index (χ0) is 13.7. The van der Waals surface area contributed by atoms with Crippen molar-refractivity contribution in [1.29, 1.82) is 0 Å². The van der Waals surface area contributed by atoms with Gasteiger partial charge < -0.3 is 9.84 Å². The first-order valence-electron chi connectivity index (χ1n) is 5.93. The van der Waals surface area contributed by atoms with Gasteiger partial charge in [0, 0.05) is 13.3 Å². The Morgan fingerprint density at radius 1 is 1.41 bits per heavy atom. The van der Waals surface area contributed by atoms with Crippen LogP contribution in [0.25, 0.3) is 0 Å². The molecule has 0 saturated heterocycles. The van der Waals surface area contributed by atoms with Gasteiger partial charge in [-0.3, -0.25) is 9.59 Å². The number of ether oxygens (including phenoxy) is 1. The fraction of sp³-hybridized carbons (Fsp3) is 0.692. The molecule has 0 bridgehead atoms. The Labute approximate surface area is 104 Å². The number of carbonyl (C=O) groups excluding carboxylic acids is 1. The highest BCUT2D eigenvalue weighted by Crippen LogP contribution is 2.12. The molecule has 17 heavy (non-hydrogen) atoms. The summed E-state index contributed by atoms with van der Waals surface area (Å²) in [7, 11) is 0. The molecule has 4 heteroatoms. The summed E-state index contributed by atoms with van der Waals surface area (Å²) in [6, 6.07) is 0. The third-order valence-corrected chi connectivity index (χ3v) is 2.24. The van der Waals surface area contributed by atoms with Gasteiger partial charge in [0.05, 0.1) is 6.26 Å². The molecule has 0 aliphatic heterocycles. The Morgan fingerprint density at radius 3 is 2.35 bits per heavy atom. The molecule has 100 valence electrons. The van der Waals surface area contributed by atoms with Crippen molar-refractivity contribution in [2.45, 2.75) is 52.9 Å². The van der Waals surface area contributed by atoms with E-state index in [1.807, 2.05) is 0 Å². The third kappa shape index (κ3) is 20.7. The van der Waals surface area contributed by atoms with Crippen molar-refractivity contribution >= 4 is 11.9 Å². The zero-order valence-electron chi connectivity index (χ0n) is 11.1. The summed E-state index contributed by atoms with van der Waals surface area (Å²) in [6.07, 6.45) is 6.17. The topological polar surface area (TPSA) is 63.6 Å². The van der Waals surface area contributed by atoms with Gasteiger partial charge in [0.2, 0.25) is 0 Å². The quantitative estimate of drug-likeness (QED) is 0.423. The van der Waals surface area contributed by atoms with Crippen LogP contribution in [0.5, 0.6) is 0 Å². The zero-order valence-corrected chi connectivity index (χ0v) is 11.1. The molecule has 4 nitrogen and oxygen atoms in total. The molecule has 0 aliphatic rings. The van der Waals surface area contributed by atoms with Gasteiger partial charge in [0.25, 0.3) is 5.97 Å². The Bertz CT molecular complexity index is 219. The van der Waals surface area contributed by atoms with E-state index in [4.69, 9.17) is 9.90 Å². The number of hydrogen-bond acceptors (Lipinski definition) is 3. The lowest BCUT2D eigenvalue weighted by Gasteiger charge is -2.06. The maximum absolute atomic E-state index is 10.9. The van der Waals surface area contributed by atoms with Crippen LogP contribution in [-0.2, 0) is 14.3 Å². The van der Waals surface area contributed by atoms with Gasteiger partial charge in [-0.15, -0.1) is 0 Å². The summed E-state index contributed by atoms with van der Waals surface area (Å²) in [6.45, 7) is 8.84. The van der Waals surface area contributed by atoms with E-state index in [1.165, 1.54) is 19.1 Å². The molecule has 0 saturated carbocycles. The summed E-state index contributed by atoms with van der Waals surface area (Å²) in [5.74, 6) is -0.227. The second kappa shape index (κ2) is 12.7. The molecule has 0 fully saturated rings. The first-order valence-corrected chi connectivity index (χ1v) is 5.93. The maximum Gasteiger partial charge on any atom is 0.310 e. The molecule has 1 unspecified atom stereocenters. The number of unbranched alkanes of at least 4 members (excludes halogenated alkanes) is 1. The fourth-order valence-corrected chi connectivity index (χ4v) is 1.12. The van der Waals surface area contributed by atoms with E-state index in [-0.39, 0.29) is 5.97 Å². The van der Waals surface area contributed by atoms with Gasteiger partial charge in [0.15, 0.2) is 0 Å². The third-order valence-electron chi connectivity index (χ3n) is 2.24. The molecule has 0 amide bonds. The number of carbonyl (C=O) groups is 2. The Balaban J connectivity index is 0. The van der Waals surface area contributed by atoms with Gasteiger partial charge in [0.1, 0.15) is 0 Å². The average Bonchev–Trinajstić information content (AvgIpc) is 2.23. The molecule has 0 aliphatic carbocycles. The molecule has 0 heterocycles. The molecule has 0 rings (SSSR count). The lowest BCUT2D eigenvalue weighted by molar-refractivity contribution is -0.138. The summed E-state index contributed by atoms with van der Waals surface area (Å²) < 4.78 is 4.60. The van der Waals surface area contributed by atoms with Crippen LogP contribution in [-0.4, -0.2) is 17.0 Å². The average molecular weight is 244 g/mol. The lowest BCUT2D eigenvalue weighted by atomic mass is 10.0. The summed E-state index contributed by atoms with van der Waals surface area (Å²) >= 11 is 0. The van der Waals surface area contributed by atoms with Crippen molar-refractivity contribution in [3.63, 3.8) is 0 Å². The van der Waals surface area contributed by atoms with Crippen LogP contribution in [0.1, 0.15) is 52.9 Å². The number of aliphatic carboxylic acids is 1. The summed E-state index contributed by atoms with van der Waals surface area (Å²) in [5, 5.41) is 7.42. The Kier molecular flexibility index (Phi) is 13.5. The highest BCUT2D eigenvalue weighted by Gasteiger charge is 2.02. The Morgan fingerprint density at radius 2 is 1.94 bits per heavy atom. The van der Waals surface area contributed by atoms with Crippen molar-refractivity contribution in [2.75, 3.05) is 0 Å². The molecule has 0 radical (unpaired) electrons. The maximum atomic E-state index is 10.9. The summed E-state index contributed by atoms with van der Waals surface area (Å²) in [5.41, 5.74) is 0. The minimum atomic E-state index is -0.833. The van der Waals surface area contributed by atoms with Crippen LogP contribution < -0.4 is 0 Å². The van der Waals surface area contributed by atoms with E-state index >= 15 is 0 Å². The molecule has 1 atom stereocenters. The standard InChI is InChI=1S/C11H20O2.C2H4O2/c1-4-10(3)8-6-7-9-11(12)13-5-2;1-2(3)4/h5,10H,2,4,6-9H2,1,3H3;1H3,(H,3,4). The molecular weight excluding hydrogens is 220 g/mol. The van der Waals surface area contributed by atoms with E-state index < -0.39 is 5.97 Å². The molecule has 0 aromatic rings. The van der Waals surface area contributed by atoms with Crippen LogP contribution in [0.15, 0.2) is 12.8 Å². The minimum absolute atomic E-state index is 0.167. The van der Waals surface area contributed by atoms with E-state index in [9.17, 15) is 4.79 Å². The smallest absolute Gasteiger partial charge is 0.310 e. The van der Waals surface area contributed by atoms with Gasteiger partial charge in [-0.05, 0) is 12.3 Å². The molecular formula is C13H24O4. The predicted molar refractivity (Wildman–Crippen MR) is 67.5 cm³/mol. The number of rotatable bonds is 7. The number of carboxylic acid groups (broad SMARTS) is 1. The van der Waals surface area contributed by atoms with Gasteiger partial charge in [-0.1, -0.05) is 39.7 Å². The number of esters is 1. The molecule has 0 aromatic carbocycles. The van der Waals surface area contributed by atoms with E-state index in [0.717, 1.165) is 25.7 Å². The Hall–Kier alpha value is -1.32. The molecule has 0 spiro atoms. The van der Waals surface area contributed by atoms with Crippen molar-refractivity contribution in [3.8, 4) is 0 Å². The van der Waals surface area contributed by atoms with Crippen LogP contribution >= 0.6 is 0 Å². The second-order valence-electron chi connectivity index (χ2n) is 3.93. The van der Waals surface area contributed by atoms with Gasteiger partial charge in [-0.25, -0.2) is 0 Å². The molecule has 1 N–H and O–H groups in total.